The number of carbonyl (C=O) groups is 1. The van der Waals surface area contributed by atoms with Crippen LogP contribution in [-0.4, -0.2) is 30.6 Å². The molecule has 1 aliphatic rings. The van der Waals surface area contributed by atoms with Gasteiger partial charge in [-0.15, -0.1) is 0 Å². The summed E-state index contributed by atoms with van der Waals surface area (Å²) in [6, 6.07) is 4.58. The molecule has 2 aromatic rings. The summed E-state index contributed by atoms with van der Waals surface area (Å²) >= 11 is 0. The number of benzene rings is 1. The van der Waals surface area contributed by atoms with E-state index in [1.165, 1.54) is 12.1 Å². The Hall–Kier alpha value is -1.88. The molecule has 2 heterocycles. The lowest BCUT2D eigenvalue weighted by Gasteiger charge is -2.08. The first kappa shape index (κ1) is 16.0. The van der Waals surface area contributed by atoms with Crippen LogP contribution in [0.15, 0.2) is 18.2 Å². The minimum Gasteiger partial charge on any atom is -0.381 e. The van der Waals surface area contributed by atoms with Crippen molar-refractivity contribution in [2.75, 3.05) is 19.8 Å². The molecule has 0 spiro atoms. The summed E-state index contributed by atoms with van der Waals surface area (Å²) in [6.45, 7) is 4.34. The maximum Gasteiger partial charge on any atom is 0.268 e. The van der Waals surface area contributed by atoms with Gasteiger partial charge in [0.05, 0.1) is 0 Å². The molecule has 3 rings (SSSR count). The van der Waals surface area contributed by atoms with Gasteiger partial charge in [-0.25, -0.2) is 4.39 Å². The van der Waals surface area contributed by atoms with Crippen molar-refractivity contribution in [2.24, 2.45) is 5.92 Å². The topological polar surface area (TPSA) is 54.1 Å². The minimum absolute atomic E-state index is 0.110. The van der Waals surface area contributed by atoms with Crippen LogP contribution in [0.1, 0.15) is 42.2 Å². The van der Waals surface area contributed by atoms with E-state index in [2.05, 4.69) is 10.3 Å². The Morgan fingerprint density at radius 1 is 1.48 bits per heavy atom. The molecular weight excluding hydrogens is 295 g/mol. The van der Waals surface area contributed by atoms with Crippen molar-refractivity contribution in [2.45, 2.75) is 32.6 Å². The average Bonchev–Trinajstić information content (AvgIpc) is 3.18. The third-order valence-electron chi connectivity index (χ3n) is 4.55. The Balaban J connectivity index is 1.63. The first-order valence-corrected chi connectivity index (χ1v) is 8.35. The number of aromatic nitrogens is 1. The summed E-state index contributed by atoms with van der Waals surface area (Å²) < 4.78 is 18.8. The van der Waals surface area contributed by atoms with Crippen LogP contribution in [0.5, 0.6) is 0 Å². The number of fused-ring (bicyclic) bond motifs is 1. The summed E-state index contributed by atoms with van der Waals surface area (Å²) in [5.74, 6) is 0.243. The van der Waals surface area contributed by atoms with Crippen LogP contribution in [0.4, 0.5) is 4.39 Å². The van der Waals surface area contributed by atoms with Gasteiger partial charge in [0, 0.05) is 30.7 Å². The molecule has 0 radical (unpaired) electrons. The average molecular weight is 318 g/mol. The Morgan fingerprint density at radius 2 is 2.35 bits per heavy atom. The molecular formula is C18H23FN2O2. The molecule has 23 heavy (non-hydrogen) atoms. The van der Waals surface area contributed by atoms with Crippen molar-refractivity contribution in [3.8, 4) is 0 Å². The fourth-order valence-corrected chi connectivity index (χ4v) is 3.27. The lowest BCUT2D eigenvalue weighted by molar-refractivity contribution is 0.0947. The Bertz CT molecular complexity index is 690. The highest BCUT2D eigenvalue weighted by molar-refractivity contribution is 6.01. The molecule has 1 aliphatic heterocycles. The molecule has 5 heteroatoms. The molecule has 1 atom stereocenters. The van der Waals surface area contributed by atoms with E-state index in [4.69, 9.17) is 4.74 Å². The number of aromatic amines is 1. The van der Waals surface area contributed by atoms with Crippen LogP contribution in [0.25, 0.3) is 10.9 Å². The van der Waals surface area contributed by atoms with Crippen molar-refractivity contribution in [1.29, 1.82) is 0 Å². The number of rotatable bonds is 6. The maximum atomic E-state index is 13.4. The van der Waals surface area contributed by atoms with Crippen molar-refractivity contribution in [3.63, 3.8) is 0 Å². The van der Waals surface area contributed by atoms with Crippen molar-refractivity contribution < 1.29 is 13.9 Å². The summed E-state index contributed by atoms with van der Waals surface area (Å²) in [5, 5.41) is 3.76. The molecule has 1 amide bonds. The fourth-order valence-electron chi connectivity index (χ4n) is 3.27. The van der Waals surface area contributed by atoms with Crippen molar-refractivity contribution >= 4 is 16.8 Å². The molecule has 124 valence electrons. The highest BCUT2D eigenvalue weighted by Crippen LogP contribution is 2.24. The first-order valence-electron chi connectivity index (χ1n) is 8.35. The Labute approximate surface area is 135 Å². The van der Waals surface area contributed by atoms with Crippen LogP contribution in [0.3, 0.4) is 0 Å². The molecule has 1 fully saturated rings. The zero-order valence-corrected chi connectivity index (χ0v) is 13.5. The van der Waals surface area contributed by atoms with Gasteiger partial charge in [-0.3, -0.25) is 4.79 Å². The summed E-state index contributed by atoms with van der Waals surface area (Å²) in [6.07, 6.45) is 3.85. The molecule has 0 unspecified atom stereocenters. The molecule has 0 saturated carbocycles. The van der Waals surface area contributed by atoms with Crippen molar-refractivity contribution in [1.82, 2.24) is 10.3 Å². The largest absolute Gasteiger partial charge is 0.381 e. The molecule has 1 saturated heterocycles. The molecule has 4 nitrogen and oxygen atoms in total. The number of hydrogen-bond acceptors (Lipinski definition) is 2. The number of amides is 1. The second-order valence-electron chi connectivity index (χ2n) is 6.15. The van der Waals surface area contributed by atoms with Crippen LogP contribution in [0, 0.1) is 11.7 Å². The van der Waals surface area contributed by atoms with Gasteiger partial charge in [0.1, 0.15) is 11.5 Å². The highest BCUT2D eigenvalue weighted by atomic mass is 19.1. The molecule has 1 aromatic carbocycles. The number of nitrogens with one attached hydrogen (secondary N) is 2. The molecule has 2 N–H and O–H groups in total. The van der Waals surface area contributed by atoms with E-state index < -0.39 is 0 Å². The number of H-pyrrole nitrogens is 1. The summed E-state index contributed by atoms with van der Waals surface area (Å²) in [5.41, 5.74) is 2.23. The lowest BCUT2D eigenvalue weighted by Crippen LogP contribution is -2.26. The van der Waals surface area contributed by atoms with Gasteiger partial charge in [-0.1, -0.05) is 6.92 Å². The van der Waals surface area contributed by atoms with Gasteiger partial charge in [-0.2, -0.15) is 0 Å². The summed E-state index contributed by atoms with van der Waals surface area (Å²) in [4.78, 5) is 15.5. The van der Waals surface area contributed by atoms with Gasteiger partial charge in [0.15, 0.2) is 0 Å². The maximum absolute atomic E-state index is 13.4. The van der Waals surface area contributed by atoms with Crippen molar-refractivity contribution in [3.05, 3.63) is 35.3 Å². The van der Waals surface area contributed by atoms with E-state index in [-0.39, 0.29) is 11.7 Å². The SMILES string of the molecule is CCc1c(C(=O)NCCC[C@@H]2CCOC2)[nH]c2ccc(F)cc12. The van der Waals surface area contributed by atoms with E-state index in [0.717, 1.165) is 48.9 Å². The Kier molecular flexibility index (Phi) is 4.96. The number of aryl methyl sites for hydroxylation is 1. The molecule has 1 aromatic heterocycles. The number of carbonyl (C=O) groups excluding carboxylic acids is 1. The Morgan fingerprint density at radius 3 is 3.09 bits per heavy atom. The van der Waals surface area contributed by atoms with E-state index in [1.807, 2.05) is 6.92 Å². The van der Waals surface area contributed by atoms with Gasteiger partial charge >= 0.3 is 0 Å². The first-order chi connectivity index (χ1) is 11.2. The lowest BCUT2D eigenvalue weighted by atomic mass is 10.0. The van der Waals surface area contributed by atoms with E-state index in [1.54, 1.807) is 6.07 Å². The third kappa shape index (κ3) is 3.55. The van der Waals surface area contributed by atoms with Crippen LogP contribution >= 0.6 is 0 Å². The standard InChI is InChI=1S/C18H23FN2O2/c1-2-14-15-10-13(19)5-6-16(15)21-17(14)18(22)20-8-3-4-12-7-9-23-11-12/h5-6,10,12,21H,2-4,7-9,11H2,1H3,(H,20,22)/t12-/m1/s1. The number of halogens is 1. The predicted octanol–water partition coefficient (Wildman–Crippen LogP) is 3.42. The normalized spacial score (nSPS) is 17.7. The molecule has 0 aliphatic carbocycles. The van der Waals surface area contributed by atoms with E-state index in [9.17, 15) is 9.18 Å². The zero-order valence-electron chi connectivity index (χ0n) is 13.5. The number of ether oxygens (including phenoxy) is 1. The van der Waals surface area contributed by atoms with Gasteiger partial charge < -0.3 is 15.0 Å². The smallest absolute Gasteiger partial charge is 0.268 e. The second kappa shape index (κ2) is 7.13. The highest BCUT2D eigenvalue weighted by Gasteiger charge is 2.18. The van der Waals surface area contributed by atoms with Crippen LogP contribution in [-0.2, 0) is 11.2 Å². The van der Waals surface area contributed by atoms with Gasteiger partial charge in [0.25, 0.3) is 5.91 Å². The quantitative estimate of drug-likeness (QED) is 0.802. The predicted molar refractivity (Wildman–Crippen MR) is 88.1 cm³/mol. The van der Waals surface area contributed by atoms with Gasteiger partial charge in [0.2, 0.25) is 0 Å². The van der Waals surface area contributed by atoms with E-state index >= 15 is 0 Å². The molecule has 0 bridgehead atoms. The van der Waals surface area contributed by atoms with Crippen LogP contribution < -0.4 is 5.32 Å². The van der Waals surface area contributed by atoms with Crippen LogP contribution in [0.2, 0.25) is 0 Å². The number of hydrogen-bond donors (Lipinski definition) is 2. The van der Waals surface area contributed by atoms with Gasteiger partial charge in [-0.05, 0) is 55.4 Å². The third-order valence-corrected chi connectivity index (χ3v) is 4.55. The fraction of sp³-hybridized carbons (Fsp3) is 0.500. The zero-order chi connectivity index (χ0) is 16.2. The monoisotopic (exact) mass is 318 g/mol. The minimum atomic E-state index is -0.281. The summed E-state index contributed by atoms with van der Waals surface area (Å²) in [7, 11) is 0. The van der Waals surface area contributed by atoms with E-state index in [0.29, 0.717) is 24.6 Å². The second-order valence-corrected chi connectivity index (χ2v) is 6.15.